The third kappa shape index (κ3) is 23.4. The minimum Gasteiger partial charge on any atom is -0.496 e. The first kappa shape index (κ1) is 98.6. The van der Waals surface area contributed by atoms with E-state index < -0.39 is 26.0 Å². The van der Waals surface area contributed by atoms with Crippen LogP contribution in [0.3, 0.4) is 0 Å². The Labute approximate surface area is 831 Å². The molecule has 738 valence electrons. The van der Waals surface area contributed by atoms with Crippen LogP contribution in [0.25, 0.3) is 22.3 Å². The van der Waals surface area contributed by atoms with Gasteiger partial charge in [0, 0.05) is 229 Å². The minimum absolute atomic E-state index is 0.118. The van der Waals surface area contributed by atoms with Crippen LogP contribution in [0.5, 0.6) is 23.0 Å². The van der Waals surface area contributed by atoms with Crippen LogP contribution >= 0.6 is 0 Å². The summed E-state index contributed by atoms with van der Waals surface area (Å²) in [5.41, 5.74) is 25.1. The number of rotatable bonds is 21. The Kier molecular flexibility index (Phi) is 30.4. The molecule has 0 N–H and O–H groups in total. The number of halogens is 1. The summed E-state index contributed by atoms with van der Waals surface area (Å²) >= 11 is 0. The van der Waals surface area contributed by atoms with Crippen molar-refractivity contribution >= 4 is 77.7 Å². The van der Waals surface area contributed by atoms with Gasteiger partial charge in [-0.05, 0) is 210 Å². The lowest BCUT2D eigenvalue weighted by molar-refractivity contribution is 0.122. The van der Waals surface area contributed by atoms with Crippen LogP contribution in [0.1, 0.15) is 125 Å². The molecule has 0 atom stereocenters. The summed E-state index contributed by atoms with van der Waals surface area (Å²) in [4.78, 5) is 66.4. The summed E-state index contributed by atoms with van der Waals surface area (Å²) < 4.78 is 94.9. The monoisotopic (exact) mass is 1950 g/mol. The summed E-state index contributed by atoms with van der Waals surface area (Å²) in [5, 5.41) is 4.30. The van der Waals surface area contributed by atoms with Crippen molar-refractivity contribution in [2.75, 3.05) is 189 Å². The number of nitrogens with zero attached hydrogens (tertiary/aromatic N) is 22. The molecule has 31 nitrogen and oxygen atoms in total. The third-order valence-corrected chi connectivity index (χ3v) is 29.1. The highest BCUT2D eigenvalue weighted by molar-refractivity contribution is 7.88. The molecule has 10 aliphatic heterocycles. The quantitative estimate of drug-likeness (QED) is 0.0604. The van der Waals surface area contributed by atoms with E-state index in [-0.39, 0.29) is 18.3 Å². The number of sulfonamides is 2. The Balaban J connectivity index is 0.000000118. The highest BCUT2D eigenvalue weighted by Gasteiger charge is 2.32. The van der Waals surface area contributed by atoms with Crippen LogP contribution in [-0.4, -0.2) is 287 Å². The largest absolute Gasteiger partial charge is 0.496 e. The van der Waals surface area contributed by atoms with Gasteiger partial charge >= 0.3 is 0 Å². The van der Waals surface area contributed by atoms with Crippen molar-refractivity contribution in [2.45, 2.75) is 92.6 Å². The average Bonchev–Trinajstić information content (AvgIpc) is 1.64. The number of piperazine rings is 4. The van der Waals surface area contributed by atoms with Crippen molar-refractivity contribution in [1.29, 1.82) is 0 Å². The van der Waals surface area contributed by atoms with E-state index in [1.165, 1.54) is 73.4 Å². The van der Waals surface area contributed by atoms with Gasteiger partial charge in [0.1, 0.15) is 52.1 Å². The molecule has 17 heterocycles. The number of morpholine rings is 1. The molecule has 7 aromatic heterocycles. The second-order valence-electron chi connectivity index (χ2n) is 37.6. The van der Waals surface area contributed by atoms with Crippen LogP contribution in [-0.2, 0) is 64.6 Å². The average molecular weight is 1960 g/mol. The second-order valence-corrected chi connectivity index (χ2v) is 41.6. The zero-order valence-corrected chi connectivity index (χ0v) is 84.4. The highest BCUT2D eigenvalue weighted by Crippen LogP contribution is 2.39. The van der Waals surface area contributed by atoms with E-state index in [1.807, 2.05) is 151 Å². The van der Waals surface area contributed by atoms with Crippen LogP contribution in [0.15, 0.2) is 232 Å². The third-order valence-electron chi connectivity index (χ3n) is 26.5. The predicted octanol–water partition coefficient (Wildman–Crippen LogP) is 13.6. The summed E-state index contributed by atoms with van der Waals surface area (Å²) in [5.74, 6) is 7.18. The normalized spacial score (nSPS) is 16.9. The van der Waals surface area contributed by atoms with Crippen molar-refractivity contribution in [3.63, 3.8) is 0 Å². The molecule has 0 aliphatic carbocycles. The number of fused-ring (bicyclic) bond motifs is 5. The van der Waals surface area contributed by atoms with Crippen molar-refractivity contribution in [2.24, 2.45) is 32.0 Å². The number of anilines is 5. The minimum atomic E-state index is -3.19. The maximum absolute atomic E-state index is 14.6. The summed E-state index contributed by atoms with van der Waals surface area (Å²) in [6, 6.07) is 53.2. The van der Waals surface area contributed by atoms with Gasteiger partial charge in [-0.25, -0.2) is 46.7 Å². The first-order valence-electron chi connectivity index (χ1n) is 48.6. The molecule has 0 unspecified atom stereocenters. The van der Waals surface area contributed by atoms with Crippen LogP contribution in [0, 0.1) is 5.95 Å². The van der Waals surface area contributed by atoms with E-state index in [0.29, 0.717) is 82.3 Å². The number of ether oxygens (including phenoxy) is 5. The zero-order valence-electron chi connectivity index (χ0n) is 82.7. The molecular formula is C108H123FN22O9S2. The van der Waals surface area contributed by atoms with E-state index in [1.54, 1.807) is 18.5 Å². The topological polar surface area (TPSA) is 301 Å². The van der Waals surface area contributed by atoms with Gasteiger partial charge in [-0.1, -0.05) is 42.5 Å². The SMILES string of the molecule is CC(C)Oc1ccc2c(c1)C(c1ccnc(N3CCN(C)CC3)c1)=NC2.CC(C)Oc1ccc2c(c1)C(c1ccnc(N3CCN(S(C)(=O)=O)CC3)c1)=NC2.CC(C)Oc1ccc2c(c1)C(c1ccnc(N3CCOCC3)c1)=NC2.CN1CCN(c2cc(C3=NCc4ccc(-c5cnn(C)c5)cc43)ccn2)CC1.COc1ccnc(F)c1-c1ccc2c(c1)C(c1ccnc(N3CCN(S(C)(=O)=O)CC3)c1)=NC2. The Morgan fingerprint density at radius 3 is 0.937 bits per heavy atom. The van der Waals surface area contributed by atoms with Gasteiger partial charge in [-0.3, -0.25) is 29.6 Å². The molecular weight excluding hydrogens is 1830 g/mol. The molecule has 0 saturated carbocycles. The van der Waals surface area contributed by atoms with E-state index in [9.17, 15) is 21.2 Å². The molecule has 12 aromatic rings. The Bertz CT molecular complexity index is 6990. The maximum Gasteiger partial charge on any atom is 0.224 e. The first-order valence-corrected chi connectivity index (χ1v) is 52.3. The lowest BCUT2D eigenvalue weighted by Gasteiger charge is -2.34. The van der Waals surface area contributed by atoms with Crippen LogP contribution < -0.4 is 43.4 Å². The number of hydrogen-bond acceptors (Lipinski definition) is 28. The van der Waals surface area contributed by atoms with E-state index in [2.05, 4.69) is 168 Å². The van der Waals surface area contributed by atoms with Crippen molar-refractivity contribution in [1.82, 2.24) is 58.1 Å². The smallest absolute Gasteiger partial charge is 0.224 e. The fourth-order valence-corrected chi connectivity index (χ4v) is 20.6. The number of aryl methyl sites for hydroxylation is 1. The van der Waals surface area contributed by atoms with Gasteiger partial charge < -0.3 is 58.0 Å². The van der Waals surface area contributed by atoms with Gasteiger partial charge in [0.15, 0.2) is 0 Å². The number of hydrogen-bond donors (Lipinski definition) is 0. The standard InChI is InChI=1S/C24H24FN5O3S.C22H24N6.C21H26N4O3S.C21H26N4O.C20H23N3O2/c1-33-20-6-8-27-24(25)22(20)16-3-4-18-15-28-23(19(18)13-16)17-5-7-26-21(14-17)29-9-11-30(12-10-29)34(2,31)32;1-26-7-9-28(10-8-26)21-12-17(5-6-23-21)22-20-11-16(3-4-18(20)13-24-22)19-14-25-27(2)15-19;1-15(2)28-18-5-4-17-14-23-21(19(17)13-18)16-6-7-22-20(12-16)24-8-10-25(11-9-24)29(3,26)27;1-15(2)26-18-5-4-17-14-23-21(19(17)13-18)16-6-7-22-20(12-16)25-10-8-24(3)9-11-25;1-14(2)25-17-4-3-16-13-22-20(18(16)12-17)15-5-6-21-19(11-15)23-7-9-24-10-8-23/h3-8,13-14H,9-12,15H2,1-2H3;3-6,11-12,14-15H,7-10,13H2,1-2H3;4-7,12-13,15H,8-11,14H2,1-3H3;4-7,12-13,15H,8-11,14H2,1-3H3;3-6,11-12,14H,7-10,13H2,1-2H3. The highest BCUT2D eigenvalue weighted by atomic mass is 32.2. The number of likely N-dealkylation sites (N-methyl/N-ethyl adjacent to an activating group) is 2. The molecule has 142 heavy (non-hydrogen) atoms. The van der Waals surface area contributed by atoms with Gasteiger partial charge in [-0.15, -0.1) is 0 Å². The first-order chi connectivity index (χ1) is 68.6. The zero-order chi connectivity index (χ0) is 98.9. The Hall–Kier alpha value is -13.6. The summed E-state index contributed by atoms with van der Waals surface area (Å²) in [6.45, 7) is 31.4. The van der Waals surface area contributed by atoms with Gasteiger partial charge in [0.25, 0.3) is 0 Å². The second kappa shape index (κ2) is 43.9. The molecule has 22 rings (SSSR count). The Morgan fingerprint density at radius 2 is 0.627 bits per heavy atom. The summed E-state index contributed by atoms with van der Waals surface area (Å²) in [6.07, 6.45) is 17.5. The summed E-state index contributed by atoms with van der Waals surface area (Å²) in [7, 11) is 1.45. The molecule has 0 bridgehead atoms. The predicted molar refractivity (Wildman–Crippen MR) is 559 cm³/mol. The number of aromatic nitrogens is 8. The van der Waals surface area contributed by atoms with E-state index in [4.69, 9.17) is 48.6 Å². The van der Waals surface area contributed by atoms with Crippen molar-refractivity contribution in [3.05, 3.63) is 297 Å². The van der Waals surface area contributed by atoms with Crippen LogP contribution in [0.4, 0.5) is 33.5 Å². The van der Waals surface area contributed by atoms with Gasteiger partial charge in [0.2, 0.25) is 26.0 Å². The van der Waals surface area contributed by atoms with Crippen molar-refractivity contribution in [3.8, 4) is 45.3 Å². The molecule has 0 amide bonds. The molecule has 5 saturated heterocycles. The molecule has 5 aromatic carbocycles. The fourth-order valence-electron chi connectivity index (χ4n) is 18.9. The number of aliphatic imine (C=N–C) groups is 5. The lowest BCUT2D eigenvalue weighted by atomic mass is 9.95. The molecule has 5 fully saturated rings. The molecule has 10 aliphatic rings. The number of methoxy groups -OCH3 is 1. The lowest BCUT2D eigenvalue weighted by Crippen LogP contribution is -2.48. The van der Waals surface area contributed by atoms with Crippen LogP contribution in [0.2, 0.25) is 0 Å². The van der Waals surface area contributed by atoms with E-state index in [0.717, 1.165) is 229 Å². The van der Waals surface area contributed by atoms with Gasteiger partial charge in [-0.2, -0.15) is 18.1 Å². The molecule has 0 radical (unpaired) electrons. The molecule has 34 heteroatoms. The maximum atomic E-state index is 14.6. The Morgan fingerprint density at radius 1 is 0.331 bits per heavy atom. The molecule has 0 spiro atoms. The fraction of sp³-hybridized carbons (Fsp3) is 0.370. The number of benzene rings is 5. The van der Waals surface area contributed by atoms with Gasteiger partial charge in [0.05, 0.1) is 124 Å². The number of pyridine rings is 6. The van der Waals surface area contributed by atoms with E-state index >= 15 is 0 Å². The van der Waals surface area contributed by atoms with Crippen molar-refractivity contribution < 1.29 is 44.9 Å².